The molecule has 0 bridgehead atoms. The summed E-state index contributed by atoms with van der Waals surface area (Å²) in [4.78, 5) is 25.4. The third kappa shape index (κ3) is 5.50. The van der Waals surface area contributed by atoms with Crippen molar-refractivity contribution in [1.82, 2.24) is 5.32 Å². The van der Waals surface area contributed by atoms with Crippen LogP contribution in [-0.2, 0) is 4.79 Å². The van der Waals surface area contributed by atoms with Crippen LogP contribution < -0.4 is 16.4 Å². The molecule has 0 aliphatic rings. The number of anilines is 1. The first kappa shape index (κ1) is 22.5. The van der Waals surface area contributed by atoms with E-state index in [-0.39, 0.29) is 17.9 Å². The monoisotopic (exact) mass is 417 g/mol. The van der Waals surface area contributed by atoms with Crippen LogP contribution in [0.2, 0.25) is 0 Å². The maximum absolute atomic E-state index is 13.1. The molecule has 31 heavy (non-hydrogen) atoms. The maximum atomic E-state index is 13.1. The molecule has 3 aromatic carbocycles. The summed E-state index contributed by atoms with van der Waals surface area (Å²) in [7, 11) is 0. The van der Waals surface area contributed by atoms with Gasteiger partial charge in [-0.1, -0.05) is 68.3 Å². The molecule has 162 valence electrons. The number of nitrogens with one attached hydrogen (secondary N) is 2. The molecule has 2 atom stereocenters. The van der Waals surface area contributed by atoms with Crippen molar-refractivity contribution < 1.29 is 9.59 Å². The van der Waals surface area contributed by atoms with E-state index in [4.69, 9.17) is 5.73 Å². The predicted octanol–water partition coefficient (Wildman–Crippen LogP) is 5.10. The third-order valence-corrected chi connectivity index (χ3v) is 5.59. The molecule has 5 nitrogen and oxygen atoms in total. The van der Waals surface area contributed by atoms with Crippen LogP contribution in [0.25, 0.3) is 10.8 Å². The van der Waals surface area contributed by atoms with Crippen LogP contribution in [-0.4, -0.2) is 17.9 Å². The van der Waals surface area contributed by atoms with Gasteiger partial charge in [-0.05, 0) is 54.3 Å². The van der Waals surface area contributed by atoms with Gasteiger partial charge < -0.3 is 16.4 Å². The number of rotatable bonds is 8. The number of hydrogen-bond acceptors (Lipinski definition) is 3. The summed E-state index contributed by atoms with van der Waals surface area (Å²) < 4.78 is 0. The highest BCUT2D eigenvalue weighted by Crippen LogP contribution is 2.25. The second-order valence-electron chi connectivity index (χ2n) is 8.03. The molecule has 3 aromatic rings. The Morgan fingerprint density at radius 3 is 2.55 bits per heavy atom. The zero-order valence-electron chi connectivity index (χ0n) is 18.4. The number of benzene rings is 3. The lowest BCUT2D eigenvalue weighted by Crippen LogP contribution is -2.35. The molecule has 5 heteroatoms. The Kier molecular flexibility index (Phi) is 7.42. The van der Waals surface area contributed by atoms with Gasteiger partial charge in [-0.15, -0.1) is 0 Å². The van der Waals surface area contributed by atoms with Crippen molar-refractivity contribution in [3.8, 4) is 0 Å². The van der Waals surface area contributed by atoms with Gasteiger partial charge in [-0.2, -0.15) is 0 Å². The van der Waals surface area contributed by atoms with Crippen molar-refractivity contribution in [2.75, 3.05) is 5.32 Å². The van der Waals surface area contributed by atoms with Gasteiger partial charge in [-0.25, -0.2) is 0 Å². The van der Waals surface area contributed by atoms with Crippen LogP contribution in [0.1, 0.15) is 60.6 Å². The predicted molar refractivity (Wildman–Crippen MR) is 127 cm³/mol. The Labute approximate surface area is 184 Å². The lowest BCUT2D eigenvalue weighted by atomic mass is 9.99. The van der Waals surface area contributed by atoms with Crippen molar-refractivity contribution in [3.63, 3.8) is 0 Å². The standard InChI is InChI=1S/C26H31N3O2/c1-4-5-13-24(27)26(31)29-20-15-14-17(2)23(16-20)25(30)28-18(3)21-12-8-10-19-9-6-7-11-22(19)21/h6-12,14-16,18,24H,4-5,13,27H2,1-3H3,(H,28,30)(H,29,31)/t18-,24+/m1/s1. The zero-order chi connectivity index (χ0) is 22.4. The van der Waals surface area contributed by atoms with Gasteiger partial charge >= 0.3 is 0 Å². The first-order valence-corrected chi connectivity index (χ1v) is 10.9. The van der Waals surface area contributed by atoms with E-state index in [0.29, 0.717) is 17.7 Å². The van der Waals surface area contributed by atoms with E-state index in [9.17, 15) is 9.59 Å². The molecule has 0 heterocycles. The molecule has 2 amide bonds. The second kappa shape index (κ2) is 10.2. The minimum absolute atomic E-state index is 0.168. The fraction of sp³-hybridized carbons (Fsp3) is 0.308. The molecule has 0 aliphatic carbocycles. The Morgan fingerprint density at radius 1 is 1.03 bits per heavy atom. The average Bonchev–Trinajstić information content (AvgIpc) is 2.78. The average molecular weight is 418 g/mol. The van der Waals surface area contributed by atoms with Crippen LogP contribution in [0.15, 0.2) is 60.7 Å². The number of hydrogen-bond donors (Lipinski definition) is 3. The molecule has 3 rings (SSSR count). The van der Waals surface area contributed by atoms with Gasteiger partial charge in [0.2, 0.25) is 5.91 Å². The van der Waals surface area contributed by atoms with E-state index in [1.165, 1.54) is 0 Å². The Morgan fingerprint density at radius 2 is 1.77 bits per heavy atom. The van der Waals surface area contributed by atoms with Crippen LogP contribution >= 0.6 is 0 Å². The molecule has 0 radical (unpaired) electrons. The molecular formula is C26H31N3O2. The molecule has 0 fully saturated rings. The smallest absolute Gasteiger partial charge is 0.252 e. The number of carbonyl (C=O) groups is 2. The van der Waals surface area contributed by atoms with Gasteiger partial charge in [-0.3, -0.25) is 9.59 Å². The van der Waals surface area contributed by atoms with E-state index < -0.39 is 6.04 Å². The summed E-state index contributed by atoms with van der Waals surface area (Å²) in [5.74, 6) is -0.405. The van der Waals surface area contributed by atoms with E-state index in [0.717, 1.165) is 34.7 Å². The van der Waals surface area contributed by atoms with Gasteiger partial charge in [0.25, 0.3) is 5.91 Å². The van der Waals surface area contributed by atoms with Crippen molar-refractivity contribution in [1.29, 1.82) is 0 Å². The van der Waals surface area contributed by atoms with Gasteiger partial charge in [0.05, 0.1) is 12.1 Å². The highest BCUT2D eigenvalue weighted by atomic mass is 16.2. The minimum atomic E-state index is -0.551. The Balaban J connectivity index is 1.75. The number of amides is 2. The fourth-order valence-electron chi connectivity index (χ4n) is 3.71. The van der Waals surface area contributed by atoms with Crippen LogP contribution in [0.4, 0.5) is 5.69 Å². The first-order valence-electron chi connectivity index (χ1n) is 10.9. The van der Waals surface area contributed by atoms with E-state index >= 15 is 0 Å². The van der Waals surface area contributed by atoms with Crippen molar-refractivity contribution in [2.24, 2.45) is 5.73 Å². The summed E-state index contributed by atoms with van der Waals surface area (Å²) in [5.41, 5.74) is 8.98. The Bertz CT molecular complexity index is 1070. The lowest BCUT2D eigenvalue weighted by Gasteiger charge is -2.18. The normalized spacial score (nSPS) is 12.9. The summed E-state index contributed by atoms with van der Waals surface area (Å²) in [6.45, 7) is 5.93. The summed E-state index contributed by atoms with van der Waals surface area (Å²) in [6.07, 6.45) is 2.54. The van der Waals surface area contributed by atoms with Gasteiger partial charge in [0.1, 0.15) is 0 Å². The third-order valence-electron chi connectivity index (χ3n) is 5.59. The summed E-state index contributed by atoms with van der Waals surface area (Å²) >= 11 is 0. The summed E-state index contributed by atoms with van der Waals surface area (Å²) in [6, 6.07) is 18.9. The molecule has 0 aromatic heterocycles. The van der Waals surface area contributed by atoms with Crippen LogP contribution in [0, 0.1) is 6.92 Å². The fourth-order valence-corrected chi connectivity index (χ4v) is 3.71. The number of aryl methyl sites for hydroxylation is 1. The molecule has 0 saturated carbocycles. The van der Waals surface area contributed by atoms with Gasteiger partial charge in [0.15, 0.2) is 0 Å². The number of fused-ring (bicyclic) bond motifs is 1. The SMILES string of the molecule is CCCC[C@H](N)C(=O)Nc1ccc(C)c(C(=O)N[C@H](C)c2cccc3ccccc23)c1. The highest BCUT2D eigenvalue weighted by Gasteiger charge is 2.17. The maximum Gasteiger partial charge on any atom is 0.252 e. The molecular weight excluding hydrogens is 386 g/mol. The molecule has 0 saturated heterocycles. The topological polar surface area (TPSA) is 84.2 Å². The summed E-state index contributed by atoms with van der Waals surface area (Å²) in [5, 5.41) is 8.20. The number of carbonyl (C=O) groups excluding carboxylic acids is 2. The molecule has 0 unspecified atom stereocenters. The molecule has 4 N–H and O–H groups in total. The second-order valence-corrected chi connectivity index (χ2v) is 8.03. The highest BCUT2D eigenvalue weighted by molar-refractivity contribution is 5.99. The van der Waals surface area contributed by atoms with Gasteiger partial charge in [0, 0.05) is 11.3 Å². The molecule has 0 spiro atoms. The first-order chi connectivity index (χ1) is 14.9. The van der Waals surface area contributed by atoms with Crippen molar-refractivity contribution in [3.05, 3.63) is 77.4 Å². The molecule has 0 aliphatic heterocycles. The van der Waals surface area contributed by atoms with Crippen LogP contribution in [0.5, 0.6) is 0 Å². The van der Waals surface area contributed by atoms with E-state index in [2.05, 4.69) is 35.8 Å². The van der Waals surface area contributed by atoms with Crippen molar-refractivity contribution in [2.45, 2.75) is 52.1 Å². The van der Waals surface area contributed by atoms with Crippen molar-refractivity contribution >= 4 is 28.3 Å². The quantitative estimate of drug-likeness (QED) is 0.477. The zero-order valence-corrected chi connectivity index (χ0v) is 18.4. The minimum Gasteiger partial charge on any atom is -0.345 e. The lowest BCUT2D eigenvalue weighted by molar-refractivity contribution is -0.117. The van der Waals surface area contributed by atoms with E-state index in [1.807, 2.05) is 44.2 Å². The van der Waals surface area contributed by atoms with E-state index in [1.54, 1.807) is 12.1 Å². The Hall–Kier alpha value is -3.18. The number of nitrogens with two attached hydrogens (primary N) is 1. The number of unbranched alkanes of at least 4 members (excludes halogenated alkanes) is 1. The van der Waals surface area contributed by atoms with Crippen LogP contribution in [0.3, 0.4) is 0 Å². The largest absolute Gasteiger partial charge is 0.345 e.